The second-order valence-electron chi connectivity index (χ2n) is 6.02. The Balaban J connectivity index is 1.59. The van der Waals surface area contributed by atoms with E-state index in [1.807, 2.05) is 19.1 Å². The number of hydrogen-bond acceptors (Lipinski definition) is 7. The fraction of sp³-hybridized carbons (Fsp3) is 0.316. The molecule has 28 heavy (non-hydrogen) atoms. The highest BCUT2D eigenvalue weighted by atomic mass is 32.2. The molecule has 9 heteroatoms. The molecule has 0 fully saturated rings. The highest BCUT2D eigenvalue weighted by molar-refractivity contribution is 7.99. The number of fused-ring (bicyclic) bond motifs is 1. The van der Waals surface area contributed by atoms with Crippen molar-refractivity contribution < 1.29 is 14.3 Å². The van der Waals surface area contributed by atoms with Gasteiger partial charge in [-0.1, -0.05) is 29.5 Å². The lowest BCUT2D eigenvalue weighted by atomic mass is 10.1. The standard InChI is InChI=1S/C19H21N5O3S/c1-3-27-18(25)12-28-17-9-8-15-21-22-16(24(15)23-17)10-11-20-19(26)14-6-4-13(2)5-7-14/h4-9H,3,10-12H2,1-2H3,(H,20,26). The molecule has 0 saturated heterocycles. The molecule has 1 N–H and O–H groups in total. The van der Waals surface area contributed by atoms with Crippen LogP contribution in [0.15, 0.2) is 41.4 Å². The van der Waals surface area contributed by atoms with Crippen LogP contribution in [-0.2, 0) is 16.0 Å². The summed E-state index contributed by atoms with van der Waals surface area (Å²) >= 11 is 1.29. The first-order valence-electron chi connectivity index (χ1n) is 8.91. The molecule has 0 aliphatic carbocycles. The summed E-state index contributed by atoms with van der Waals surface area (Å²) in [4.78, 5) is 23.7. The maximum atomic E-state index is 12.2. The summed E-state index contributed by atoms with van der Waals surface area (Å²) in [5.41, 5.74) is 2.34. The number of carbonyl (C=O) groups excluding carboxylic acids is 2. The predicted molar refractivity (Wildman–Crippen MR) is 105 cm³/mol. The van der Waals surface area contributed by atoms with Gasteiger partial charge in [-0.15, -0.1) is 10.2 Å². The van der Waals surface area contributed by atoms with Crippen LogP contribution in [0.3, 0.4) is 0 Å². The van der Waals surface area contributed by atoms with Crippen LogP contribution in [0.25, 0.3) is 5.65 Å². The van der Waals surface area contributed by atoms with E-state index in [4.69, 9.17) is 4.74 Å². The summed E-state index contributed by atoms with van der Waals surface area (Å²) in [6.45, 7) is 4.52. The Morgan fingerprint density at radius 1 is 1.14 bits per heavy atom. The van der Waals surface area contributed by atoms with Gasteiger partial charge in [0.2, 0.25) is 0 Å². The first-order valence-corrected chi connectivity index (χ1v) is 9.90. The second kappa shape index (κ2) is 9.32. The van der Waals surface area contributed by atoms with Gasteiger partial charge in [-0.25, -0.2) is 0 Å². The van der Waals surface area contributed by atoms with Crippen molar-refractivity contribution in [2.24, 2.45) is 0 Å². The largest absolute Gasteiger partial charge is 0.465 e. The van der Waals surface area contributed by atoms with Crippen molar-refractivity contribution in [2.45, 2.75) is 25.3 Å². The van der Waals surface area contributed by atoms with Gasteiger partial charge in [0, 0.05) is 18.5 Å². The van der Waals surface area contributed by atoms with Gasteiger partial charge < -0.3 is 10.1 Å². The summed E-state index contributed by atoms with van der Waals surface area (Å²) in [5, 5.41) is 16.2. The summed E-state index contributed by atoms with van der Waals surface area (Å²) < 4.78 is 6.55. The zero-order valence-corrected chi connectivity index (χ0v) is 16.5. The van der Waals surface area contributed by atoms with Crippen LogP contribution in [0, 0.1) is 6.92 Å². The number of esters is 1. The molecular weight excluding hydrogens is 378 g/mol. The maximum Gasteiger partial charge on any atom is 0.316 e. The molecular formula is C19H21N5O3S. The smallest absolute Gasteiger partial charge is 0.316 e. The van der Waals surface area contributed by atoms with E-state index in [0.717, 1.165) is 5.56 Å². The molecule has 0 radical (unpaired) electrons. The second-order valence-corrected chi connectivity index (χ2v) is 7.02. The van der Waals surface area contributed by atoms with Gasteiger partial charge in [0.25, 0.3) is 5.91 Å². The molecule has 2 aromatic heterocycles. The molecule has 3 rings (SSSR count). The lowest BCUT2D eigenvalue weighted by Crippen LogP contribution is -2.26. The monoisotopic (exact) mass is 399 g/mol. The minimum absolute atomic E-state index is 0.132. The normalized spacial score (nSPS) is 10.8. The molecule has 3 aromatic rings. The molecule has 1 aromatic carbocycles. The number of nitrogens with zero attached hydrogens (tertiary/aromatic N) is 4. The Bertz CT molecular complexity index is 971. The summed E-state index contributed by atoms with van der Waals surface area (Å²) in [7, 11) is 0. The number of ether oxygens (including phenoxy) is 1. The molecule has 8 nitrogen and oxygen atoms in total. The van der Waals surface area contributed by atoms with E-state index >= 15 is 0 Å². The van der Waals surface area contributed by atoms with E-state index in [9.17, 15) is 9.59 Å². The van der Waals surface area contributed by atoms with Gasteiger partial charge in [0.1, 0.15) is 5.03 Å². The van der Waals surface area contributed by atoms with E-state index < -0.39 is 0 Å². The molecule has 0 spiro atoms. The molecule has 1 amide bonds. The van der Waals surface area contributed by atoms with Crippen molar-refractivity contribution in [3.8, 4) is 0 Å². The molecule has 2 heterocycles. The summed E-state index contributed by atoms with van der Waals surface area (Å²) in [6, 6.07) is 11.0. The Hall–Kier alpha value is -2.94. The number of carbonyl (C=O) groups is 2. The number of amides is 1. The lowest BCUT2D eigenvalue weighted by Gasteiger charge is -2.05. The van der Waals surface area contributed by atoms with E-state index in [1.54, 1.807) is 35.7 Å². The van der Waals surface area contributed by atoms with Crippen LogP contribution in [0.2, 0.25) is 0 Å². The lowest BCUT2D eigenvalue weighted by molar-refractivity contribution is -0.139. The van der Waals surface area contributed by atoms with Crippen LogP contribution >= 0.6 is 11.8 Å². The molecule has 146 valence electrons. The third kappa shape index (κ3) is 5.07. The average molecular weight is 399 g/mol. The van der Waals surface area contributed by atoms with Crippen LogP contribution in [0.4, 0.5) is 0 Å². The Labute approximate surface area is 166 Å². The molecule has 0 atom stereocenters. The minimum Gasteiger partial charge on any atom is -0.465 e. The fourth-order valence-electron chi connectivity index (χ4n) is 2.48. The topological polar surface area (TPSA) is 98.5 Å². The van der Waals surface area contributed by atoms with Gasteiger partial charge in [-0.05, 0) is 38.1 Å². The minimum atomic E-state index is -0.280. The number of thioether (sulfide) groups is 1. The van der Waals surface area contributed by atoms with Gasteiger partial charge >= 0.3 is 5.97 Å². The summed E-state index contributed by atoms with van der Waals surface area (Å²) in [5.74, 6) is 0.415. The van der Waals surface area contributed by atoms with E-state index in [1.165, 1.54) is 11.8 Å². The number of rotatable bonds is 8. The average Bonchev–Trinajstić information content (AvgIpc) is 3.09. The van der Waals surface area contributed by atoms with Crippen molar-refractivity contribution >= 4 is 29.3 Å². The van der Waals surface area contributed by atoms with Gasteiger partial charge in [-0.2, -0.15) is 9.61 Å². The number of aryl methyl sites for hydroxylation is 1. The van der Waals surface area contributed by atoms with Crippen LogP contribution in [0.1, 0.15) is 28.7 Å². The Morgan fingerprint density at radius 2 is 1.93 bits per heavy atom. The summed E-state index contributed by atoms with van der Waals surface area (Å²) in [6.07, 6.45) is 0.484. The van der Waals surface area contributed by atoms with Gasteiger partial charge in [0.05, 0.1) is 12.4 Å². The van der Waals surface area contributed by atoms with Crippen molar-refractivity contribution in [3.63, 3.8) is 0 Å². The van der Waals surface area contributed by atoms with Gasteiger partial charge in [-0.3, -0.25) is 9.59 Å². The molecule has 0 aliphatic heterocycles. The zero-order chi connectivity index (χ0) is 19.9. The van der Waals surface area contributed by atoms with Gasteiger partial charge in [0.15, 0.2) is 11.5 Å². The van der Waals surface area contributed by atoms with E-state index in [-0.39, 0.29) is 17.6 Å². The van der Waals surface area contributed by atoms with Crippen LogP contribution in [-0.4, -0.2) is 50.6 Å². The molecule has 0 aliphatic rings. The van der Waals surface area contributed by atoms with Crippen molar-refractivity contribution in [1.29, 1.82) is 0 Å². The van der Waals surface area contributed by atoms with Crippen LogP contribution in [0.5, 0.6) is 0 Å². The third-order valence-corrected chi connectivity index (χ3v) is 4.79. The molecule has 0 bridgehead atoms. The number of benzene rings is 1. The Morgan fingerprint density at radius 3 is 2.68 bits per heavy atom. The fourth-order valence-corrected chi connectivity index (χ4v) is 3.13. The van der Waals surface area contributed by atoms with Crippen LogP contribution < -0.4 is 5.32 Å². The maximum absolute atomic E-state index is 12.2. The highest BCUT2D eigenvalue weighted by Crippen LogP contribution is 2.16. The van der Waals surface area contributed by atoms with Crippen molar-refractivity contribution in [1.82, 2.24) is 25.1 Å². The highest BCUT2D eigenvalue weighted by Gasteiger charge is 2.11. The predicted octanol–water partition coefficient (Wildman–Crippen LogP) is 2.06. The number of nitrogens with one attached hydrogen (secondary N) is 1. The number of hydrogen-bond donors (Lipinski definition) is 1. The van der Waals surface area contributed by atoms with Crippen molar-refractivity contribution in [2.75, 3.05) is 18.9 Å². The van der Waals surface area contributed by atoms with E-state index in [2.05, 4.69) is 20.6 Å². The number of aromatic nitrogens is 4. The zero-order valence-electron chi connectivity index (χ0n) is 15.7. The quantitative estimate of drug-likeness (QED) is 0.457. The Kier molecular flexibility index (Phi) is 6.59. The SMILES string of the molecule is CCOC(=O)CSc1ccc2nnc(CCNC(=O)c3ccc(C)cc3)n2n1. The molecule has 0 unspecified atom stereocenters. The van der Waals surface area contributed by atoms with E-state index in [0.29, 0.717) is 41.6 Å². The molecule has 0 saturated carbocycles. The first kappa shape index (κ1) is 19.8. The first-order chi connectivity index (χ1) is 13.6. The van der Waals surface area contributed by atoms with Crippen molar-refractivity contribution in [3.05, 3.63) is 53.3 Å². The third-order valence-electron chi connectivity index (χ3n) is 3.89.